The largest absolute Gasteiger partial charge is 0.373 e. The quantitative estimate of drug-likeness (QED) is 0.813. The molecule has 1 fully saturated rings. The molecule has 0 bridgehead atoms. The van der Waals surface area contributed by atoms with E-state index >= 15 is 0 Å². The molecule has 2 aromatic rings. The van der Waals surface area contributed by atoms with Crippen LogP contribution in [0, 0.1) is 0 Å². The van der Waals surface area contributed by atoms with Gasteiger partial charge in [-0.25, -0.2) is 13.4 Å². The predicted molar refractivity (Wildman–Crippen MR) is 100.0 cm³/mol. The number of pyridine rings is 2. The first-order valence-corrected chi connectivity index (χ1v) is 10.3. The molecule has 0 aliphatic carbocycles. The van der Waals surface area contributed by atoms with Crippen LogP contribution in [0.2, 0.25) is 0 Å². The van der Waals surface area contributed by atoms with Crippen molar-refractivity contribution in [2.45, 2.75) is 18.9 Å². The van der Waals surface area contributed by atoms with E-state index in [0.29, 0.717) is 12.1 Å². The third kappa shape index (κ3) is 4.78. The van der Waals surface area contributed by atoms with Crippen molar-refractivity contribution in [3.05, 3.63) is 54.1 Å². The highest BCUT2D eigenvalue weighted by molar-refractivity contribution is 7.91. The standard InChI is InChI=1S/C18H22N4O3S/c1-22(10-6-14-4-8-19-9-5-14)16-2-3-17(20-12-16)18(23)21-15-7-11-26(24,25)13-15/h2-5,8-9,12,15H,6-7,10-11,13H2,1H3,(H,21,23). The Bertz CT molecular complexity index is 854. The maximum absolute atomic E-state index is 12.2. The Balaban J connectivity index is 1.55. The van der Waals surface area contributed by atoms with E-state index in [0.717, 1.165) is 18.7 Å². The number of carbonyl (C=O) groups is 1. The fourth-order valence-electron chi connectivity index (χ4n) is 2.89. The molecule has 0 spiro atoms. The minimum absolute atomic E-state index is 0.00850. The van der Waals surface area contributed by atoms with E-state index in [1.54, 1.807) is 24.7 Å². The first-order chi connectivity index (χ1) is 12.4. The van der Waals surface area contributed by atoms with E-state index in [-0.39, 0.29) is 23.5 Å². The number of anilines is 1. The number of rotatable bonds is 6. The van der Waals surface area contributed by atoms with Crippen molar-refractivity contribution in [1.29, 1.82) is 0 Å². The zero-order valence-electron chi connectivity index (χ0n) is 14.6. The molecule has 0 aromatic carbocycles. The molecule has 1 amide bonds. The Kier molecular flexibility index (Phi) is 5.51. The molecular formula is C18H22N4O3S. The van der Waals surface area contributed by atoms with Gasteiger partial charge in [0.15, 0.2) is 9.84 Å². The summed E-state index contributed by atoms with van der Waals surface area (Å²) in [5.74, 6) is -0.195. The summed E-state index contributed by atoms with van der Waals surface area (Å²) < 4.78 is 22.9. The zero-order valence-corrected chi connectivity index (χ0v) is 15.4. The number of nitrogens with one attached hydrogen (secondary N) is 1. The normalized spacial score (nSPS) is 18.4. The molecule has 1 aliphatic heterocycles. The minimum atomic E-state index is -3.02. The first-order valence-electron chi connectivity index (χ1n) is 8.50. The van der Waals surface area contributed by atoms with Crippen LogP contribution in [0.1, 0.15) is 22.5 Å². The van der Waals surface area contributed by atoms with Gasteiger partial charge in [-0.05, 0) is 42.7 Å². The average molecular weight is 374 g/mol. The van der Waals surface area contributed by atoms with Crippen LogP contribution < -0.4 is 10.2 Å². The van der Waals surface area contributed by atoms with Gasteiger partial charge in [0.2, 0.25) is 0 Å². The Morgan fingerprint density at radius 2 is 2.04 bits per heavy atom. The predicted octanol–water partition coefficient (Wildman–Crippen LogP) is 1.07. The van der Waals surface area contributed by atoms with Crippen LogP contribution in [-0.2, 0) is 16.3 Å². The van der Waals surface area contributed by atoms with Crippen molar-refractivity contribution in [1.82, 2.24) is 15.3 Å². The summed E-state index contributed by atoms with van der Waals surface area (Å²) >= 11 is 0. The molecule has 3 rings (SSSR count). The maximum Gasteiger partial charge on any atom is 0.270 e. The number of amides is 1. The number of hydrogen-bond donors (Lipinski definition) is 1. The Labute approximate surface area is 153 Å². The fourth-order valence-corrected chi connectivity index (χ4v) is 4.56. The highest BCUT2D eigenvalue weighted by Crippen LogP contribution is 2.14. The molecule has 1 unspecified atom stereocenters. The monoisotopic (exact) mass is 374 g/mol. The molecule has 2 aromatic heterocycles. The topological polar surface area (TPSA) is 92.3 Å². The lowest BCUT2D eigenvalue weighted by Gasteiger charge is -2.19. The number of hydrogen-bond acceptors (Lipinski definition) is 6. The van der Waals surface area contributed by atoms with Crippen LogP contribution in [0.4, 0.5) is 5.69 Å². The van der Waals surface area contributed by atoms with Gasteiger partial charge in [0, 0.05) is 32.0 Å². The third-order valence-corrected chi connectivity index (χ3v) is 6.24. The van der Waals surface area contributed by atoms with Gasteiger partial charge in [-0.2, -0.15) is 0 Å². The Morgan fingerprint density at radius 3 is 2.65 bits per heavy atom. The second kappa shape index (κ2) is 7.82. The molecular weight excluding hydrogens is 352 g/mol. The van der Waals surface area contributed by atoms with Crippen LogP contribution in [-0.4, -0.2) is 55.4 Å². The van der Waals surface area contributed by atoms with Crippen molar-refractivity contribution in [3.63, 3.8) is 0 Å². The number of aromatic nitrogens is 2. The van der Waals surface area contributed by atoms with E-state index < -0.39 is 9.84 Å². The van der Waals surface area contributed by atoms with E-state index in [2.05, 4.69) is 20.2 Å². The molecule has 1 saturated heterocycles. The van der Waals surface area contributed by atoms with E-state index in [9.17, 15) is 13.2 Å². The van der Waals surface area contributed by atoms with E-state index in [1.807, 2.05) is 25.2 Å². The van der Waals surface area contributed by atoms with Crippen LogP contribution in [0.15, 0.2) is 42.9 Å². The number of nitrogens with zero attached hydrogens (tertiary/aromatic N) is 3. The first kappa shape index (κ1) is 18.3. The number of likely N-dealkylation sites (N-methyl/N-ethyl adjacent to an activating group) is 1. The van der Waals surface area contributed by atoms with Crippen LogP contribution in [0.5, 0.6) is 0 Å². The van der Waals surface area contributed by atoms with Gasteiger partial charge in [-0.1, -0.05) is 0 Å². The molecule has 26 heavy (non-hydrogen) atoms. The summed E-state index contributed by atoms with van der Waals surface area (Å²) in [7, 11) is -1.04. The fraction of sp³-hybridized carbons (Fsp3) is 0.389. The summed E-state index contributed by atoms with van der Waals surface area (Å²) in [4.78, 5) is 22.5. The lowest BCUT2D eigenvalue weighted by Crippen LogP contribution is -2.36. The van der Waals surface area contributed by atoms with Crippen LogP contribution in [0.3, 0.4) is 0 Å². The lowest BCUT2D eigenvalue weighted by molar-refractivity contribution is 0.0936. The minimum Gasteiger partial charge on any atom is -0.373 e. The summed E-state index contributed by atoms with van der Waals surface area (Å²) in [5.41, 5.74) is 2.42. The highest BCUT2D eigenvalue weighted by Gasteiger charge is 2.29. The smallest absolute Gasteiger partial charge is 0.270 e. The Morgan fingerprint density at radius 1 is 1.27 bits per heavy atom. The second-order valence-electron chi connectivity index (χ2n) is 6.50. The van der Waals surface area contributed by atoms with Crippen LogP contribution >= 0.6 is 0 Å². The van der Waals surface area contributed by atoms with Gasteiger partial charge in [-0.15, -0.1) is 0 Å². The molecule has 3 heterocycles. The highest BCUT2D eigenvalue weighted by atomic mass is 32.2. The molecule has 8 heteroatoms. The van der Waals surface area contributed by atoms with Gasteiger partial charge in [-0.3, -0.25) is 9.78 Å². The van der Waals surface area contributed by atoms with Gasteiger partial charge in [0.1, 0.15) is 5.69 Å². The van der Waals surface area contributed by atoms with Crippen molar-refractivity contribution >= 4 is 21.4 Å². The average Bonchev–Trinajstić information content (AvgIpc) is 2.99. The molecule has 138 valence electrons. The SMILES string of the molecule is CN(CCc1ccncc1)c1ccc(C(=O)NC2CCS(=O)(=O)C2)nc1. The molecule has 0 saturated carbocycles. The molecule has 0 radical (unpaired) electrons. The third-order valence-electron chi connectivity index (χ3n) is 4.47. The van der Waals surface area contributed by atoms with Gasteiger partial charge >= 0.3 is 0 Å². The van der Waals surface area contributed by atoms with Crippen LogP contribution in [0.25, 0.3) is 0 Å². The summed E-state index contributed by atoms with van der Waals surface area (Å²) in [6.07, 6.45) is 6.56. The zero-order chi connectivity index (χ0) is 18.6. The van der Waals surface area contributed by atoms with Crippen molar-refractivity contribution in [2.24, 2.45) is 0 Å². The van der Waals surface area contributed by atoms with Gasteiger partial charge < -0.3 is 10.2 Å². The van der Waals surface area contributed by atoms with Gasteiger partial charge in [0.05, 0.1) is 23.4 Å². The molecule has 7 nitrogen and oxygen atoms in total. The summed E-state index contributed by atoms with van der Waals surface area (Å²) in [6, 6.07) is 7.17. The summed E-state index contributed by atoms with van der Waals surface area (Å²) in [5, 5.41) is 2.75. The lowest BCUT2D eigenvalue weighted by atomic mass is 10.2. The maximum atomic E-state index is 12.2. The molecule has 1 N–H and O–H groups in total. The Hall–Kier alpha value is -2.48. The van der Waals surface area contributed by atoms with Crippen molar-refractivity contribution in [2.75, 3.05) is 30.0 Å². The van der Waals surface area contributed by atoms with Gasteiger partial charge in [0.25, 0.3) is 5.91 Å². The number of sulfone groups is 1. The van der Waals surface area contributed by atoms with Crippen molar-refractivity contribution in [3.8, 4) is 0 Å². The molecule has 1 atom stereocenters. The van der Waals surface area contributed by atoms with Crippen molar-refractivity contribution < 1.29 is 13.2 Å². The van der Waals surface area contributed by atoms with E-state index in [1.165, 1.54) is 5.56 Å². The number of carbonyl (C=O) groups excluding carboxylic acids is 1. The summed E-state index contributed by atoms with van der Waals surface area (Å²) in [6.45, 7) is 0.817. The molecule has 1 aliphatic rings. The second-order valence-corrected chi connectivity index (χ2v) is 8.73. The van der Waals surface area contributed by atoms with E-state index in [4.69, 9.17) is 0 Å².